The highest BCUT2D eigenvalue weighted by molar-refractivity contribution is 5.33. The van der Waals surface area contributed by atoms with Crippen LogP contribution in [0.15, 0.2) is 24.3 Å². The van der Waals surface area contributed by atoms with E-state index in [2.05, 4.69) is 43.1 Å². The van der Waals surface area contributed by atoms with Crippen LogP contribution in [-0.4, -0.2) is 31.1 Å². The molecule has 1 aliphatic carbocycles. The summed E-state index contributed by atoms with van der Waals surface area (Å²) in [5.74, 6) is 1.72. The highest BCUT2D eigenvalue weighted by atomic mass is 16.5. The Hall–Kier alpha value is -1.06. The Kier molecular flexibility index (Phi) is 5.86. The fourth-order valence-electron chi connectivity index (χ4n) is 2.96. The first-order valence-electron chi connectivity index (χ1n) is 7.84. The minimum Gasteiger partial charge on any atom is -0.490 e. The molecule has 0 heterocycles. The second-order valence-corrected chi connectivity index (χ2v) is 6.05. The van der Waals surface area contributed by atoms with Crippen molar-refractivity contribution in [2.75, 3.05) is 20.1 Å². The van der Waals surface area contributed by atoms with Crippen LogP contribution in [0, 0.1) is 5.92 Å². The van der Waals surface area contributed by atoms with Gasteiger partial charge in [-0.25, -0.2) is 0 Å². The van der Waals surface area contributed by atoms with Gasteiger partial charge in [-0.3, -0.25) is 0 Å². The third kappa shape index (κ3) is 4.22. The van der Waals surface area contributed by atoms with Crippen LogP contribution in [-0.2, 0) is 6.54 Å². The maximum Gasteiger partial charge on any atom is 0.124 e. The van der Waals surface area contributed by atoms with Gasteiger partial charge in [-0.2, -0.15) is 0 Å². The number of likely N-dealkylation sites (N-methyl/N-ethyl adjacent to an activating group) is 1. The van der Waals surface area contributed by atoms with E-state index in [1.165, 1.54) is 31.2 Å². The molecule has 2 atom stereocenters. The Balaban J connectivity index is 2.03. The van der Waals surface area contributed by atoms with Crippen molar-refractivity contribution in [3.8, 4) is 5.75 Å². The second-order valence-electron chi connectivity index (χ2n) is 6.05. The maximum atomic E-state index is 6.32. The molecule has 2 rings (SSSR count). The van der Waals surface area contributed by atoms with Crippen LogP contribution in [0.3, 0.4) is 0 Å². The fourth-order valence-corrected chi connectivity index (χ4v) is 2.96. The molecule has 0 saturated heterocycles. The predicted molar refractivity (Wildman–Crippen MR) is 83.9 cm³/mol. The van der Waals surface area contributed by atoms with Crippen molar-refractivity contribution in [1.29, 1.82) is 0 Å². The van der Waals surface area contributed by atoms with E-state index in [1.54, 1.807) is 0 Å². The summed E-state index contributed by atoms with van der Waals surface area (Å²) in [5, 5.41) is 0. The van der Waals surface area contributed by atoms with Crippen molar-refractivity contribution in [1.82, 2.24) is 4.90 Å². The van der Waals surface area contributed by atoms with Gasteiger partial charge < -0.3 is 15.4 Å². The molecule has 3 nitrogen and oxygen atoms in total. The van der Waals surface area contributed by atoms with Gasteiger partial charge in [0.25, 0.3) is 0 Å². The van der Waals surface area contributed by atoms with Crippen LogP contribution in [0.5, 0.6) is 5.75 Å². The lowest BCUT2D eigenvalue weighted by atomic mass is 9.88. The number of nitrogens with zero attached hydrogens (tertiary/aromatic N) is 1. The van der Waals surface area contributed by atoms with E-state index in [0.717, 1.165) is 18.8 Å². The summed E-state index contributed by atoms with van der Waals surface area (Å²) < 4.78 is 6.32. The number of hydrogen-bond acceptors (Lipinski definition) is 3. The summed E-state index contributed by atoms with van der Waals surface area (Å²) in [6.45, 7) is 4.81. The van der Waals surface area contributed by atoms with Crippen LogP contribution >= 0.6 is 0 Å². The van der Waals surface area contributed by atoms with E-state index in [9.17, 15) is 0 Å². The number of hydrogen-bond donors (Lipinski definition) is 1. The summed E-state index contributed by atoms with van der Waals surface area (Å²) in [5.41, 5.74) is 6.88. The summed E-state index contributed by atoms with van der Waals surface area (Å²) in [6.07, 6.45) is 5.50. The van der Waals surface area contributed by atoms with Gasteiger partial charge in [0.1, 0.15) is 11.9 Å². The number of para-hydroxylation sites is 1. The Morgan fingerprint density at radius 2 is 2.00 bits per heavy atom. The van der Waals surface area contributed by atoms with E-state index >= 15 is 0 Å². The molecule has 1 saturated carbocycles. The average molecular weight is 276 g/mol. The van der Waals surface area contributed by atoms with Gasteiger partial charge in [0.15, 0.2) is 0 Å². The molecule has 1 aromatic rings. The zero-order chi connectivity index (χ0) is 14.4. The molecule has 20 heavy (non-hydrogen) atoms. The van der Waals surface area contributed by atoms with E-state index < -0.39 is 0 Å². The normalized spacial score (nSPS) is 23.0. The highest BCUT2D eigenvalue weighted by Gasteiger charge is 2.23. The van der Waals surface area contributed by atoms with Gasteiger partial charge >= 0.3 is 0 Å². The third-order valence-corrected chi connectivity index (χ3v) is 4.23. The second kappa shape index (κ2) is 7.65. The van der Waals surface area contributed by atoms with E-state index in [4.69, 9.17) is 10.5 Å². The molecule has 0 spiro atoms. The average Bonchev–Trinajstić information content (AvgIpc) is 2.44. The smallest absolute Gasteiger partial charge is 0.124 e. The number of nitrogens with two attached hydrogens (primary N) is 1. The molecule has 1 aliphatic rings. The van der Waals surface area contributed by atoms with Gasteiger partial charge in [0, 0.05) is 25.2 Å². The topological polar surface area (TPSA) is 38.5 Å². The van der Waals surface area contributed by atoms with Crippen LogP contribution in [0.2, 0.25) is 0 Å². The van der Waals surface area contributed by atoms with Crippen LogP contribution in [0.4, 0.5) is 0 Å². The molecular formula is C17H28N2O. The van der Waals surface area contributed by atoms with Crippen molar-refractivity contribution in [2.24, 2.45) is 11.7 Å². The third-order valence-electron chi connectivity index (χ3n) is 4.23. The quantitative estimate of drug-likeness (QED) is 0.868. The molecule has 0 radical (unpaired) electrons. The van der Waals surface area contributed by atoms with Gasteiger partial charge in [0.05, 0.1) is 0 Å². The zero-order valence-electron chi connectivity index (χ0n) is 12.8. The first-order chi connectivity index (χ1) is 9.70. The minimum atomic E-state index is 0.379. The molecular weight excluding hydrogens is 248 g/mol. The standard InChI is InChI=1S/C17H28N2O/c1-14-7-3-5-9-16(14)20-17-10-6-4-8-15(17)13-19(2)12-11-18/h4,6,8,10,14,16H,3,5,7,9,11-13,18H2,1-2H3/t14-,16+/m1/s1. The molecule has 0 aliphatic heterocycles. The monoisotopic (exact) mass is 276 g/mol. The number of benzene rings is 1. The Labute approximate surface area is 123 Å². The van der Waals surface area contributed by atoms with Crippen molar-refractivity contribution >= 4 is 0 Å². The molecule has 112 valence electrons. The predicted octanol–water partition coefficient (Wildman–Crippen LogP) is 3.03. The Morgan fingerprint density at radius 3 is 2.75 bits per heavy atom. The van der Waals surface area contributed by atoms with Crippen molar-refractivity contribution in [3.05, 3.63) is 29.8 Å². The summed E-state index contributed by atoms with van der Waals surface area (Å²) in [6, 6.07) is 8.42. The van der Waals surface area contributed by atoms with Gasteiger partial charge in [-0.05, 0) is 38.3 Å². The highest BCUT2D eigenvalue weighted by Crippen LogP contribution is 2.30. The molecule has 0 unspecified atom stereocenters. The largest absolute Gasteiger partial charge is 0.490 e. The molecule has 1 fully saturated rings. The minimum absolute atomic E-state index is 0.379. The maximum absolute atomic E-state index is 6.32. The lowest BCUT2D eigenvalue weighted by Crippen LogP contribution is -2.29. The Bertz CT molecular complexity index is 408. The molecule has 0 bridgehead atoms. The van der Waals surface area contributed by atoms with Crippen molar-refractivity contribution in [2.45, 2.75) is 45.3 Å². The molecule has 0 amide bonds. The van der Waals surface area contributed by atoms with Gasteiger partial charge in [-0.15, -0.1) is 0 Å². The first kappa shape index (κ1) is 15.3. The van der Waals surface area contributed by atoms with Crippen molar-refractivity contribution in [3.63, 3.8) is 0 Å². The van der Waals surface area contributed by atoms with Crippen molar-refractivity contribution < 1.29 is 4.74 Å². The lowest BCUT2D eigenvalue weighted by molar-refractivity contribution is 0.100. The van der Waals surface area contributed by atoms with E-state index in [1.807, 2.05) is 0 Å². The molecule has 2 N–H and O–H groups in total. The number of rotatable bonds is 6. The van der Waals surface area contributed by atoms with Crippen LogP contribution in [0.25, 0.3) is 0 Å². The summed E-state index contributed by atoms with van der Waals surface area (Å²) in [4.78, 5) is 2.24. The summed E-state index contributed by atoms with van der Waals surface area (Å²) >= 11 is 0. The van der Waals surface area contributed by atoms with E-state index in [-0.39, 0.29) is 0 Å². The Morgan fingerprint density at radius 1 is 1.25 bits per heavy atom. The number of ether oxygens (including phenoxy) is 1. The molecule has 1 aromatic carbocycles. The SMILES string of the molecule is C[C@@H]1CCCC[C@@H]1Oc1ccccc1CN(C)CCN. The lowest BCUT2D eigenvalue weighted by Gasteiger charge is -2.30. The molecule has 3 heteroatoms. The first-order valence-corrected chi connectivity index (χ1v) is 7.84. The van der Waals surface area contributed by atoms with Gasteiger partial charge in [-0.1, -0.05) is 31.5 Å². The fraction of sp³-hybridized carbons (Fsp3) is 0.647. The summed E-state index contributed by atoms with van der Waals surface area (Å²) in [7, 11) is 2.10. The van der Waals surface area contributed by atoms with E-state index in [0.29, 0.717) is 18.6 Å². The van der Waals surface area contributed by atoms with Gasteiger partial charge in [0.2, 0.25) is 0 Å². The zero-order valence-corrected chi connectivity index (χ0v) is 12.8. The molecule has 0 aromatic heterocycles. The van der Waals surface area contributed by atoms with Crippen LogP contribution in [0.1, 0.15) is 38.2 Å². The van der Waals surface area contributed by atoms with Crippen LogP contribution < -0.4 is 10.5 Å².